The smallest absolute Gasteiger partial charge is 0.220 e. The fourth-order valence-corrected chi connectivity index (χ4v) is 3.94. The monoisotopic (exact) mass is 392 g/mol. The molecule has 2 aromatic heterocycles. The van der Waals surface area contributed by atoms with Crippen molar-refractivity contribution < 1.29 is 13.9 Å². The fourth-order valence-electron chi connectivity index (χ4n) is 3.94. The number of anilines is 1. The van der Waals surface area contributed by atoms with Crippen molar-refractivity contribution in [2.45, 2.75) is 32.1 Å². The van der Waals surface area contributed by atoms with Crippen LogP contribution in [0.4, 0.5) is 10.3 Å². The summed E-state index contributed by atoms with van der Waals surface area (Å²) >= 11 is 0. The zero-order chi connectivity index (χ0) is 20.5. The third kappa shape index (κ3) is 3.55. The number of nitrogens with zero attached hydrogens (tertiary/aromatic N) is 3. The average Bonchev–Trinajstić information content (AvgIpc) is 2.72. The Morgan fingerprint density at radius 3 is 2.76 bits per heavy atom. The first-order chi connectivity index (χ1) is 14.0. The van der Waals surface area contributed by atoms with Gasteiger partial charge in [0.05, 0.1) is 29.8 Å². The number of hydrogen-bond donors (Lipinski definition) is 1. The molecule has 0 radical (unpaired) electrons. The molecule has 4 rings (SSSR count). The van der Waals surface area contributed by atoms with Crippen LogP contribution in [-0.2, 0) is 12.8 Å². The van der Waals surface area contributed by atoms with Crippen LogP contribution in [0.15, 0.2) is 36.4 Å². The summed E-state index contributed by atoms with van der Waals surface area (Å²) in [5.41, 5.74) is 9.86. The van der Waals surface area contributed by atoms with E-state index in [1.165, 1.54) is 19.2 Å². The number of ketones is 1. The van der Waals surface area contributed by atoms with Gasteiger partial charge < -0.3 is 10.5 Å². The van der Waals surface area contributed by atoms with E-state index in [1.807, 2.05) is 6.92 Å². The summed E-state index contributed by atoms with van der Waals surface area (Å²) < 4.78 is 19.3. The lowest BCUT2D eigenvalue weighted by molar-refractivity contribution is 0.0961. The Labute approximate surface area is 168 Å². The molecule has 2 N–H and O–H groups in total. The summed E-state index contributed by atoms with van der Waals surface area (Å²) in [6.45, 7) is 1.94. The fraction of sp³-hybridized carbons (Fsp3) is 0.273. The first kappa shape index (κ1) is 19.0. The molecule has 0 aliphatic heterocycles. The summed E-state index contributed by atoms with van der Waals surface area (Å²) in [4.78, 5) is 25.9. The van der Waals surface area contributed by atoms with Crippen molar-refractivity contribution in [3.8, 4) is 17.1 Å². The summed E-state index contributed by atoms with van der Waals surface area (Å²) in [5, 5.41) is 0. The van der Waals surface area contributed by atoms with Gasteiger partial charge in [-0.05, 0) is 42.5 Å². The molecule has 0 saturated heterocycles. The first-order valence-electron chi connectivity index (χ1n) is 9.49. The SMILES string of the molecule is CCc1nc(N)nc2c1C(=O)CC(c1ccc(F)cc1-c1cccc(OC)n1)C2. The van der Waals surface area contributed by atoms with Gasteiger partial charge in [0.1, 0.15) is 5.82 Å². The van der Waals surface area contributed by atoms with Crippen molar-refractivity contribution in [3.05, 3.63) is 64.7 Å². The van der Waals surface area contributed by atoms with Crippen molar-refractivity contribution in [3.63, 3.8) is 0 Å². The van der Waals surface area contributed by atoms with E-state index in [4.69, 9.17) is 10.5 Å². The maximum Gasteiger partial charge on any atom is 0.220 e. The van der Waals surface area contributed by atoms with Crippen LogP contribution < -0.4 is 10.5 Å². The van der Waals surface area contributed by atoms with Gasteiger partial charge >= 0.3 is 0 Å². The molecule has 7 heteroatoms. The summed E-state index contributed by atoms with van der Waals surface area (Å²) in [6.07, 6.45) is 1.44. The number of aryl methyl sites for hydroxylation is 1. The maximum atomic E-state index is 14.1. The van der Waals surface area contributed by atoms with Crippen LogP contribution in [0.1, 0.15) is 46.6 Å². The molecule has 29 heavy (non-hydrogen) atoms. The normalized spacial score (nSPS) is 15.8. The molecule has 2 heterocycles. The van der Waals surface area contributed by atoms with Crippen molar-refractivity contribution >= 4 is 11.7 Å². The molecule has 3 aromatic rings. The van der Waals surface area contributed by atoms with Crippen LogP contribution in [-0.4, -0.2) is 27.8 Å². The number of fused-ring (bicyclic) bond motifs is 1. The Kier molecular flexibility index (Phi) is 4.96. The quantitative estimate of drug-likeness (QED) is 0.727. The lowest BCUT2D eigenvalue weighted by Crippen LogP contribution is -2.24. The third-order valence-electron chi connectivity index (χ3n) is 5.23. The van der Waals surface area contributed by atoms with Crippen LogP contribution in [0.5, 0.6) is 5.88 Å². The predicted molar refractivity (Wildman–Crippen MR) is 107 cm³/mol. The number of carbonyl (C=O) groups is 1. The number of nitrogen functional groups attached to an aromatic ring is 1. The van der Waals surface area contributed by atoms with Crippen molar-refractivity contribution in [1.29, 1.82) is 0 Å². The molecule has 0 spiro atoms. The van der Waals surface area contributed by atoms with Gasteiger partial charge in [-0.2, -0.15) is 0 Å². The molecule has 1 unspecified atom stereocenters. The number of benzene rings is 1. The highest BCUT2D eigenvalue weighted by Gasteiger charge is 2.31. The van der Waals surface area contributed by atoms with Gasteiger partial charge in [0.15, 0.2) is 5.78 Å². The molecular weight excluding hydrogens is 371 g/mol. The van der Waals surface area contributed by atoms with Crippen LogP contribution in [0.3, 0.4) is 0 Å². The van der Waals surface area contributed by atoms with Crippen LogP contribution in [0.25, 0.3) is 11.3 Å². The minimum Gasteiger partial charge on any atom is -0.481 e. The minimum absolute atomic E-state index is 0.0121. The van der Waals surface area contributed by atoms with E-state index in [1.54, 1.807) is 24.3 Å². The standard InChI is InChI=1S/C22H21FN4O2/c1-3-16-21-18(27-22(24)26-16)9-12(10-19(21)28)14-8-7-13(23)11-15(14)17-5-4-6-20(25-17)29-2/h4-8,11-12H,3,9-10H2,1-2H3,(H2,24,26,27). The Hall–Kier alpha value is -3.35. The number of nitrogens with two attached hydrogens (primary N) is 1. The van der Waals surface area contributed by atoms with Gasteiger partial charge in [0, 0.05) is 18.1 Å². The number of methoxy groups -OCH3 is 1. The summed E-state index contributed by atoms with van der Waals surface area (Å²) in [6, 6.07) is 9.91. The predicted octanol–water partition coefficient (Wildman–Crippen LogP) is 3.74. The average molecular weight is 392 g/mol. The molecular formula is C22H21FN4O2. The zero-order valence-electron chi connectivity index (χ0n) is 16.3. The molecule has 1 aromatic carbocycles. The van der Waals surface area contributed by atoms with E-state index >= 15 is 0 Å². The number of ether oxygens (including phenoxy) is 1. The molecule has 1 atom stereocenters. The molecule has 0 amide bonds. The second-order valence-corrected chi connectivity index (χ2v) is 7.03. The number of hydrogen-bond acceptors (Lipinski definition) is 6. The Balaban J connectivity index is 1.80. The first-order valence-corrected chi connectivity index (χ1v) is 9.49. The Bertz CT molecular complexity index is 1100. The number of Topliss-reactive ketones (excluding diaryl/α,β-unsaturated/α-hetero) is 1. The Morgan fingerprint density at radius 1 is 1.17 bits per heavy atom. The van der Waals surface area contributed by atoms with Crippen molar-refractivity contribution in [1.82, 2.24) is 15.0 Å². The summed E-state index contributed by atoms with van der Waals surface area (Å²) in [5.74, 6) is 0.0778. The zero-order valence-corrected chi connectivity index (χ0v) is 16.3. The highest BCUT2D eigenvalue weighted by Crippen LogP contribution is 2.38. The Morgan fingerprint density at radius 2 is 2.00 bits per heavy atom. The highest BCUT2D eigenvalue weighted by atomic mass is 19.1. The number of halogens is 1. The van der Waals surface area contributed by atoms with Gasteiger partial charge in [0.25, 0.3) is 0 Å². The van der Waals surface area contributed by atoms with Gasteiger partial charge in [-0.25, -0.2) is 19.3 Å². The maximum absolute atomic E-state index is 14.1. The van der Waals surface area contributed by atoms with Crippen LogP contribution in [0, 0.1) is 5.82 Å². The number of pyridine rings is 1. The molecule has 6 nitrogen and oxygen atoms in total. The van der Waals surface area contributed by atoms with Gasteiger partial charge in [0.2, 0.25) is 11.8 Å². The van der Waals surface area contributed by atoms with E-state index in [0.29, 0.717) is 53.4 Å². The van der Waals surface area contributed by atoms with Gasteiger partial charge in [-0.1, -0.05) is 19.1 Å². The van der Waals surface area contributed by atoms with Gasteiger partial charge in [-0.15, -0.1) is 0 Å². The molecule has 148 valence electrons. The van der Waals surface area contributed by atoms with Crippen LogP contribution in [0.2, 0.25) is 0 Å². The molecule has 1 aliphatic rings. The lowest BCUT2D eigenvalue weighted by Gasteiger charge is -2.26. The topological polar surface area (TPSA) is 91.0 Å². The molecule has 0 fully saturated rings. The summed E-state index contributed by atoms with van der Waals surface area (Å²) in [7, 11) is 1.53. The van der Waals surface area contributed by atoms with E-state index in [0.717, 1.165) is 5.56 Å². The van der Waals surface area contributed by atoms with E-state index < -0.39 is 0 Å². The number of carbonyl (C=O) groups excluding carboxylic acids is 1. The number of rotatable bonds is 4. The largest absolute Gasteiger partial charge is 0.481 e. The molecule has 0 saturated carbocycles. The highest BCUT2D eigenvalue weighted by molar-refractivity contribution is 6.00. The second-order valence-electron chi connectivity index (χ2n) is 7.03. The van der Waals surface area contributed by atoms with Gasteiger partial charge in [-0.3, -0.25) is 4.79 Å². The third-order valence-corrected chi connectivity index (χ3v) is 5.23. The lowest BCUT2D eigenvalue weighted by atomic mass is 9.79. The van der Waals surface area contributed by atoms with E-state index in [-0.39, 0.29) is 23.5 Å². The van der Waals surface area contributed by atoms with Crippen molar-refractivity contribution in [2.75, 3.05) is 12.8 Å². The number of aromatic nitrogens is 3. The van der Waals surface area contributed by atoms with Crippen molar-refractivity contribution in [2.24, 2.45) is 0 Å². The van der Waals surface area contributed by atoms with E-state index in [2.05, 4.69) is 15.0 Å². The minimum atomic E-state index is -0.365. The molecule has 0 bridgehead atoms. The van der Waals surface area contributed by atoms with Crippen LogP contribution >= 0.6 is 0 Å². The second kappa shape index (κ2) is 7.58. The molecule has 1 aliphatic carbocycles. The van der Waals surface area contributed by atoms with E-state index in [9.17, 15) is 9.18 Å².